The normalized spacial score (nSPS) is 22.1. The summed E-state index contributed by atoms with van der Waals surface area (Å²) in [5.41, 5.74) is 0. The number of carboxylic acids is 1. The summed E-state index contributed by atoms with van der Waals surface area (Å²) in [4.78, 5) is 35.1. The third-order valence-corrected chi connectivity index (χ3v) is 3.48. The van der Waals surface area contributed by atoms with E-state index in [1.165, 1.54) is 6.42 Å². The van der Waals surface area contributed by atoms with E-state index >= 15 is 0 Å². The smallest absolute Gasteiger partial charge is 0.329 e. The van der Waals surface area contributed by atoms with Crippen molar-refractivity contribution in [1.82, 2.24) is 10.2 Å². The SMILES string of the molecule is CC1CCCC(N(C)C(=O)NC(=O)COCC(=O)O)C1. The van der Waals surface area contributed by atoms with Crippen molar-refractivity contribution in [2.75, 3.05) is 20.3 Å². The number of nitrogens with one attached hydrogen (secondary N) is 1. The van der Waals surface area contributed by atoms with Gasteiger partial charge in [-0.25, -0.2) is 9.59 Å². The molecule has 7 heteroatoms. The number of nitrogens with zero attached hydrogens (tertiary/aromatic N) is 1. The van der Waals surface area contributed by atoms with Crippen molar-refractivity contribution in [3.63, 3.8) is 0 Å². The molecule has 114 valence electrons. The minimum absolute atomic E-state index is 0.145. The predicted molar refractivity (Wildman–Crippen MR) is 71.2 cm³/mol. The van der Waals surface area contributed by atoms with Gasteiger partial charge in [0.2, 0.25) is 0 Å². The molecule has 0 aromatic rings. The number of hydrogen-bond acceptors (Lipinski definition) is 4. The second-order valence-electron chi connectivity index (χ2n) is 5.28. The molecular weight excluding hydrogens is 264 g/mol. The topological polar surface area (TPSA) is 95.9 Å². The van der Waals surface area contributed by atoms with Gasteiger partial charge in [0.1, 0.15) is 13.2 Å². The van der Waals surface area contributed by atoms with Crippen molar-refractivity contribution < 1.29 is 24.2 Å². The van der Waals surface area contributed by atoms with Crippen LogP contribution < -0.4 is 5.32 Å². The fourth-order valence-corrected chi connectivity index (χ4v) is 2.39. The van der Waals surface area contributed by atoms with E-state index in [-0.39, 0.29) is 6.04 Å². The number of amides is 3. The Morgan fingerprint density at radius 3 is 2.60 bits per heavy atom. The van der Waals surface area contributed by atoms with Gasteiger partial charge in [0.15, 0.2) is 0 Å². The first-order chi connectivity index (χ1) is 9.40. The fourth-order valence-electron chi connectivity index (χ4n) is 2.39. The number of imide groups is 1. The van der Waals surface area contributed by atoms with Crippen LogP contribution in [-0.2, 0) is 14.3 Å². The molecule has 0 aliphatic heterocycles. The van der Waals surface area contributed by atoms with E-state index in [4.69, 9.17) is 5.11 Å². The van der Waals surface area contributed by atoms with E-state index in [0.29, 0.717) is 5.92 Å². The van der Waals surface area contributed by atoms with Crippen LogP contribution in [0.5, 0.6) is 0 Å². The van der Waals surface area contributed by atoms with Crippen molar-refractivity contribution in [2.45, 2.75) is 38.6 Å². The zero-order chi connectivity index (χ0) is 15.1. The molecular formula is C13H22N2O5. The maximum absolute atomic E-state index is 11.9. The molecule has 1 fully saturated rings. The molecule has 20 heavy (non-hydrogen) atoms. The lowest BCUT2D eigenvalue weighted by atomic mass is 9.86. The lowest BCUT2D eigenvalue weighted by Crippen LogP contribution is -2.48. The van der Waals surface area contributed by atoms with Gasteiger partial charge in [0, 0.05) is 13.1 Å². The number of carbonyl (C=O) groups is 3. The Balaban J connectivity index is 2.33. The van der Waals surface area contributed by atoms with Gasteiger partial charge in [-0.1, -0.05) is 19.8 Å². The number of hydrogen-bond donors (Lipinski definition) is 2. The Labute approximate surface area is 118 Å². The van der Waals surface area contributed by atoms with Gasteiger partial charge < -0.3 is 14.7 Å². The summed E-state index contributed by atoms with van der Waals surface area (Å²) in [6, 6.07) is -0.320. The number of carbonyl (C=O) groups excluding carboxylic acids is 2. The molecule has 1 aliphatic carbocycles. The predicted octanol–water partition coefficient (Wildman–Crippen LogP) is 0.834. The lowest BCUT2D eigenvalue weighted by Gasteiger charge is -2.33. The van der Waals surface area contributed by atoms with Crippen LogP contribution in [0.25, 0.3) is 0 Å². The van der Waals surface area contributed by atoms with E-state index in [9.17, 15) is 14.4 Å². The largest absolute Gasteiger partial charge is 0.480 e. The van der Waals surface area contributed by atoms with Crippen LogP contribution in [0, 0.1) is 5.92 Å². The zero-order valence-corrected chi connectivity index (χ0v) is 11.9. The van der Waals surface area contributed by atoms with Crippen molar-refractivity contribution in [1.29, 1.82) is 0 Å². The summed E-state index contributed by atoms with van der Waals surface area (Å²) < 4.78 is 4.62. The van der Waals surface area contributed by atoms with Crippen LogP contribution in [0.3, 0.4) is 0 Å². The maximum Gasteiger partial charge on any atom is 0.329 e. The zero-order valence-electron chi connectivity index (χ0n) is 11.9. The van der Waals surface area contributed by atoms with Crippen LogP contribution >= 0.6 is 0 Å². The Morgan fingerprint density at radius 2 is 2.00 bits per heavy atom. The maximum atomic E-state index is 11.9. The average molecular weight is 286 g/mol. The molecule has 0 bridgehead atoms. The van der Waals surface area contributed by atoms with E-state index in [2.05, 4.69) is 17.0 Å². The highest BCUT2D eigenvalue weighted by atomic mass is 16.5. The fraction of sp³-hybridized carbons (Fsp3) is 0.769. The number of carboxylic acid groups (broad SMARTS) is 1. The summed E-state index contributed by atoms with van der Waals surface area (Å²) >= 11 is 0. The quantitative estimate of drug-likeness (QED) is 0.780. The van der Waals surface area contributed by atoms with Crippen molar-refractivity contribution in [3.8, 4) is 0 Å². The molecule has 0 aromatic carbocycles. The van der Waals surface area contributed by atoms with Gasteiger partial charge in [0.25, 0.3) is 5.91 Å². The first kappa shape index (κ1) is 16.4. The van der Waals surface area contributed by atoms with E-state index < -0.39 is 31.1 Å². The Morgan fingerprint density at radius 1 is 1.30 bits per heavy atom. The molecule has 1 aliphatic rings. The first-order valence-electron chi connectivity index (χ1n) is 6.76. The third-order valence-electron chi connectivity index (χ3n) is 3.48. The van der Waals surface area contributed by atoms with Crippen molar-refractivity contribution in [2.24, 2.45) is 5.92 Å². The Bertz CT molecular complexity index is 372. The second kappa shape index (κ2) is 7.84. The summed E-state index contributed by atoms with van der Waals surface area (Å²) in [5.74, 6) is -1.21. The van der Waals surface area contributed by atoms with Crippen LogP contribution in [0.2, 0.25) is 0 Å². The highest BCUT2D eigenvalue weighted by molar-refractivity contribution is 5.95. The molecule has 0 saturated heterocycles. The first-order valence-corrected chi connectivity index (χ1v) is 6.76. The van der Waals surface area contributed by atoms with Gasteiger partial charge in [0.05, 0.1) is 0 Å². The van der Waals surface area contributed by atoms with E-state index in [1.54, 1.807) is 11.9 Å². The summed E-state index contributed by atoms with van der Waals surface area (Å²) in [6.07, 6.45) is 4.14. The molecule has 2 unspecified atom stereocenters. The molecule has 2 atom stereocenters. The standard InChI is InChI=1S/C13H22N2O5/c1-9-4-3-5-10(6-9)15(2)13(19)14-11(16)7-20-8-12(17)18/h9-10H,3-8H2,1-2H3,(H,17,18)(H,14,16,19). The van der Waals surface area contributed by atoms with E-state index in [1.807, 2.05) is 0 Å². The van der Waals surface area contributed by atoms with Crippen molar-refractivity contribution in [3.05, 3.63) is 0 Å². The lowest BCUT2D eigenvalue weighted by molar-refractivity contribution is -0.143. The minimum Gasteiger partial charge on any atom is -0.480 e. The van der Waals surface area contributed by atoms with Crippen molar-refractivity contribution >= 4 is 17.9 Å². The Kier molecular flexibility index (Phi) is 6.44. The molecule has 0 heterocycles. The van der Waals surface area contributed by atoms with Gasteiger partial charge in [-0.2, -0.15) is 0 Å². The van der Waals surface area contributed by atoms with Crippen LogP contribution in [0.4, 0.5) is 4.79 Å². The Hall–Kier alpha value is -1.63. The van der Waals surface area contributed by atoms with Crippen LogP contribution in [0.15, 0.2) is 0 Å². The van der Waals surface area contributed by atoms with Gasteiger partial charge in [-0.05, 0) is 18.8 Å². The van der Waals surface area contributed by atoms with Crippen LogP contribution in [-0.4, -0.2) is 54.2 Å². The third kappa shape index (κ3) is 5.56. The van der Waals surface area contributed by atoms with E-state index in [0.717, 1.165) is 19.3 Å². The van der Waals surface area contributed by atoms with Gasteiger partial charge >= 0.3 is 12.0 Å². The molecule has 0 aromatic heterocycles. The number of aliphatic carboxylic acids is 1. The second-order valence-corrected chi connectivity index (χ2v) is 5.28. The number of ether oxygens (including phenoxy) is 1. The number of rotatable bonds is 5. The summed E-state index contributed by atoms with van der Waals surface area (Å²) in [5, 5.41) is 10.6. The molecule has 0 spiro atoms. The summed E-state index contributed by atoms with van der Waals surface area (Å²) in [7, 11) is 1.67. The van der Waals surface area contributed by atoms with Gasteiger partial charge in [-0.15, -0.1) is 0 Å². The average Bonchev–Trinajstić information content (AvgIpc) is 2.37. The highest BCUT2D eigenvalue weighted by Gasteiger charge is 2.26. The molecule has 7 nitrogen and oxygen atoms in total. The molecule has 3 amide bonds. The monoisotopic (exact) mass is 286 g/mol. The molecule has 1 rings (SSSR count). The number of urea groups is 1. The molecule has 1 saturated carbocycles. The summed E-state index contributed by atoms with van der Waals surface area (Å²) in [6.45, 7) is 1.16. The van der Waals surface area contributed by atoms with Gasteiger partial charge in [-0.3, -0.25) is 10.1 Å². The molecule has 2 N–H and O–H groups in total. The molecule has 0 radical (unpaired) electrons. The highest BCUT2D eigenvalue weighted by Crippen LogP contribution is 2.26. The minimum atomic E-state index is -1.16. The van der Waals surface area contributed by atoms with Crippen LogP contribution in [0.1, 0.15) is 32.6 Å².